The van der Waals surface area contributed by atoms with E-state index in [1.54, 1.807) is 7.11 Å². The summed E-state index contributed by atoms with van der Waals surface area (Å²) in [6.45, 7) is 8.84. The van der Waals surface area contributed by atoms with Crippen molar-refractivity contribution in [2.75, 3.05) is 13.7 Å². The number of methoxy groups -OCH3 is 1. The summed E-state index contributed by atoms with van der Waals surface area (Å²) in [7, 11) is 1.70. The molecule has 4 heteroatoms. The third-order valence-electron chi connectivity index (χ3n) is 2.03. The molecule has 0 aromatic carbocycles. The minimum absolute atomic E-state index is 0.147. The molecule has 0 unspecified atom stereocenters. The highest BCUT2D eigenvalue weighted by Crippen LogP contribution is 2.03. The predicted molar refractivity (Wildman–Crippen MR) is 60.7 cm³/mol. The quantitative estimate of drug-likeness (QED) is 0.800. The van der Waals surface area contributed by atoms with E-state index >= 15 is 0 Å². The van der Waals surface area contributed by atoms with E-state index in [1.165, 1.54) is 5.56 Å². The van der Waals surface area contributed by atoms with E-state index in [0.717, 1.165) is 13.1 Å². The fraction of sp³-hybridized carbons (Fsp3) is 0.727. The Labute approximate surface area is 91.6 Å². The second-order valence-corrected chi connectivity index (χ2v) is 4.71. The van der Waals surface area contributed by atoms with Gasteiger partial charge >= 0.3 is 0 Å². The lowest BCUT2D eigenvalue weighted by Crippen LogP contribution is -2.34. The molecule has 4 nitrogen and oxygen atoms in total. The second-order valence-electron chi connectivity index (χ2n) is 4.71. The van der Waals surface area contributed by atoms with Gasteiger partial charge in [0, 0.05) is 31.0 Å². The Morgan fingerprint density at radius 2 is 2.20 bits per heavy atom. The van der Waals surface area contributed by atoms with Crippen LogP contribution in [0.5, 0.6) is 0 Å². The fourth-order valence-corrected chi connectivity index (χ4v) is 1.17. The van der Waals surface area contributed by atoms with Crippen LogP contribution in [0.4, 0.5) is 0 Å². The van der Waals surface area contributed by atoms with Gasteiger partial charge in [-0.25, -0.2) is 0 Å². The molecule has 0 radical (unpaired) electrons. The monoisotopic (exact) mass is 211 g/mol. The van der Waals surface area contributed by atoms with Crippen molar-refractivity contribution >= 4 is 0 Å². The van der Waals surface area contributed by atoms with Gasteiger partial charge in [-0.2, -0.15) is 5.10 Å². The van der Waals surface area contributed by atoms with Crippen LogP contribution >= 0.6 is 0 Å². The van der Waals surface area contributed by atoms with Gasteiger partial charge in [0.15, 0.2) is 0 Å². The van der Waals surface area contributed by atoms with Gasteiger partial charge < -0.3 is 10.1 Å². The average molecular weight is 211 g/mol. The number of hydrogen-bond acceptors (Lipinski definition) is 3. The molecule has 86 valence electrons. The first-order valence-electron chi connectivity index (χ1n) is 5.26. The number of ether oxygens (including phenoxy) is 1. The molecule has 1 heterocycles. The van der Waals surface area contributed by atoms with Crippen molar-refractivity contribution in [2.45, 2.75) is 39.4 Å². The molecule has 0 aliphatic carbocycles. The molecule has 0 aliphatic heterocycles. The van der Waals surface area contributed by atoms with Crippen LogP contribution in [0.15, 0.2) is 12.4 Å². The van der Waals surface area contributed by atoms with Gasteiger partial charge in [0.1, 0.15) is 0 Å². The standard InChI is InChI=1S/C11H21N3O/c1-11(2,3)12-7-10-8-13-14(9-10)5-6-15-4/h8-9,12H,5-7H2,1-4H3. The van der Waals surface area contributed by atoms with Crippen LogP contribution in [0, 0.1) is 0 Å². The van der Waals surface area contributed by atoms with E-state index in [9.17, 15) is 0 Å². The van der Waals surface area contributed by atoms with Crippen molar-refractivity contribution in [1.29, 1.82) is 0 Å². The SMILES string of the molecule is COCCn1cc(CNC(C)(C)C)cn1. The Morgan fingerprint density at radius 1 is 1.47 bits per heavy atom. The molecule has 0 saturated carbocycles. The lowest BCUT2D eigenvalue weighted by Gasteiger charge is -2.19. The fourth-order valence-electron chi connectivity index (χ4n) is 1.17. The van der Waals surface area contributed by atoms with Crippen molar-refractivity contribution in [2.24, 2.45) is 0 Å². The van der Waals surface area contributed by atoms with Crippen LogP contribution in [-0.2, 0) is 17.8 Å². The van der Waals surface area contributed by atoms with Gasteiger partial charge in [0.05, 0.1) is 19.3 Å². The average Bonchev–Trinajstić information content (AvgIpc) is 2.58. The molecular formula is C11H21N3O. The summed E-state index contributed by atoms with van der Waals surface area (Å²) < 4.78 is 6.90. The van der Waals surface area contributed by atoms with Crippen LogP contribution < -0.4 is 5.32 Å². The molecule has 0 atom stereocenters. The molecule has 1 N–H and O–H groups in total. The minimum atomic E-state index is 0.147. The van der Waals surface area contributed by atoms with Crippen molar-refractivity contribution in [3.8, 4) is 0 Å². The Hall–Kier alpha value is -0.870. The molecule has 1 aromatic rings. The molecule has 0 fully saturated rings. The van der Waals surface area contributed by atoms with Gasteiger partial charge in [-0.15, -0.1) is 0 Å². The Morgan fingerprint density at radius 3 is 2.80 bits per heavy atom. The van der Waals surface area contributed by atoms with Crippen LogP contribution in [0.1, 0.15) is 26.3 Å². The second kappa shape index (κ2) is 5.28. The number of hydrogen-bond donors (Lipinski definition) is 1. The van der Waals surface area contributed by atoms with Gasteiger partial charge in [-0.05, 0) is 20.8 Å². The lowest BCUT2D eigenvalue weighted by molar-refractivity contribution is 0.183. The van der Waals surface area contributed by atoms with E-state index in [1.807, 2.05) is 10.9 Å². The molecule has 0 spiro atoms. The maximum absolute atomic E-state index is 4.99. The summed E-state index contributed by atoms with van der Waals surface area (Å²) in [5, 5.41) is 7.67. The first-order valence-corrected chi connectivity index (χ1v) is 5.26. The summed E-state index contributed by atoms with van der Waals surface area (Å²) in [6.07, 6.45) is 3.95. The minimum Gasteiger partial charge on any atom is -0.383 e. The summed E-state index contributed by atoms with van der Waals surface area (Å²) in [5.41, 5.74) is 1.36. The highest BCUT2D eigenvalue weighted by Gasteiger charge is 2.08. The third-order valence-corrected chi connectivity index (χ3v) is 2.03. The van der Waals surface area contributed by atoms with Crippen molar-refractivity contribution in [1.82, 2.24) is 15.1 Å². The van der Waals surface area contributed by atoms with Gasteiger partial charge in [0.25, 0.3) is 0 Å². The van der Waals surface area contributed by atoms with E-state index in [0.29, 0.717) is 6.61 Å². The molecule has 1 aromatic heterocycles. The predicted octanol–water partition coefficient (Wildman–Crippen LogP) is 1.42. The van der Waals surface area contributed by atoms with Crippen molar-refractivity contribution in [3.63, 3.8) is 0 Å². The molecule has 0 saturated heterocycles. The van der Waals surface area contributed by atoms with E-state index in [2.05, 4.69) is 37.4 Å². The van der Waals surface area contributed by atoms with E-state index < -0.39 is 0 Å². The first kappa shape index (κ1) is 12.2. The molecule has 15 heavy (non-hydrogen) atoms. The van der Waals surface area contributed by atoms with Crippen LogP contribution in [-0.4, -0.2) is 29.0 Å². The normalized spacial score (nSPS) is 12.0. The first-order chi connectivity index (χ1) is 7.01. The van der Waals surface area contributed by atoms with Gasteiger partial charge in [-0.1, -0.05) is 0 Å². The molecule has 0 bridgehead atoms. The summed E-state index contributed by atoms with van der Waals surface area (Å²) in [5.74, 6) is 0. The van der Waals surface area contributed by atoms with Crippen molar-refractivity contribution in [3.05, 3.63) is 18.0 Å². The van der Waals surface area contributed by atoms with Gasteiger partial charge in [-0.3, -0.25) is 4.68 Å². The highest BCUT2D eigenvalue weighted by atomic mass is 16.5. The van der Waals surface area contributed by atoms with Crippen molar-refractivity contribution < 1.29 is 4.74 Å². The van der Waals surface area contributed by atoms with E-state index in [4.69, 9.17) is 4.74 Å². The molecular weight excluding hydrogens is 190 g/mol. The third kappa shape index (κ3) is 4.95. The zero-order valence-electron chi connectivity index (χ0n) is 10.1. The molecule has 0 amide bonds. The van der Waals surface area contributed by atoms with Crippen LogP contribution in [0.25, 0.3) is 0 Å². The number of aromatic nitrogens is 2. The van der Waals surface area contributed by atoms with Crippen LogP contribution in [0.3, 0.4) is 0 Å². The van der Waals surface area contributed by atoms with Gasteiger partial charge in [0.2, 0.25) is 0 Å². The zero-order valence-corrected chi connectivity index (χ0v) is 10.1. The van der Waals surface area contributed by atoms with Crippen LogP contribution in [0.2, 0.25) is 0 Å². The molecule has 0 aliphatic rings. The number of nitrogens with zero attached hydrogens (tertiary/aromatic N) is 2. The molecule has 1 rings (SSSR count). The number of nitrogens with one attached hydrogen (secondary N) is 1. The Kier molecular flexibility index (Phi) is 4.29. The zero-order chi connectivity index (χ0) is 11.3. The summed E-state index contributed by atoms with van der Waals surface area (Å²) in [6, 6.07) is 0. The Bertz CT molecular complexity index is 288. The maximum Gasteiger partial charge on any atom is 0.0658 e. The smallest absolute Gasteiger partial charge is 0.0658 e. The summed E-state index contributed by atoms with van der Waals surface area (Å²) in [4.78, 5) is 0. The van der Waals surface area contributed by atoms with E-state index in [-0.39, 0.29) is 5.54 Å². The summed E-state index contributed by atoms with van der Waals surface area (Å²) >= 11 is 0. The largest absolute Gasteiger partial charge is 0.383 e. The maximum atomic E-state index is 4.99. The highest BCUT2D eigenvalue weighted by molar-refractivity contribution is 5.03. The topological polar surface area (TPSA) is 39.1 Å². The Balaban J connectivity index is 2.39. The number of rotatable bonds is 5. The lowest BCUT2D eigenvalue weighted by atomic mass is 10.1.